The van der Waals surface area contributed by atoms with Crippen molar-refractivity contribution in [3.8, 4) is 0 Å². The molecule has 1 N–H and O–H groups in total. The van der Waals surface area contributed by atoms with Gasteiger partial charge in [-0.15, -0.1) is 11.3 Å². The molecule has 30 heavy (non-hydrogen) atoms. The van der Waals surface area contributed by atoms with E-state index in [1.165, 1.54) is 10.6 Å². The van der Waals surface area contributed by atoms with Crippen LogP contribution in [0.5, 0.6) is 0 Å². The van der Waals surface area contributed by atoms with Gasteiger partial charge in [0.25, 0.3) is 0 Å². The molecule has 0 bridgehead atoms. The number of hydrogen-bond donors (Lipinski definition) is 1. The number of Topliss-reactive ketones (excluding diaryl/α,β-unsaturated/α-hetero) is 1. The first-order valence-corrected chi connectivity index (χ1v) is 11.4. The Hall–Kier alpha value is -2.93. The number of hydrogen-bond acceptors (Lipinski definition) is 6. The highest BCUT2D eigenvalue weighted by molar-refractivity contribution is 7.10. The second-order valence-electron chi connectivity index (χ2n) is 7.76. The van der Waals surface area contributed by atoms with E-state index >= 15 is 0 Å². The Morgan fingerprint density at radius 3 is 2.67 bits per heavy atom. The average molecular weight is 420 g/mol. The molecule has 154 valence electrons. The highest BCUT2D eigenvalue weighted by Crippen LogP contribution is 2.44. The van der Waals surface area contributed by atoms with Crippen molar-refractivity contribution in [2.75, 3.05) is 23.3 Å². The first-order chi connectivity index (χ1) is 14.7. The van der Waals surface area contributed by atoms with Gasteiger partial charge in [-0.05, 0) is 49.4 Å². The van der Waals surface area contributed by atoms with Crippen LogP contribution in [0.3, 0.4) is 0 Å². The molecule has 0 radical (unpaired) electrons. The molecule has 3 aromatic rings. The van der Waals surface area contributed by atoms with Crippen LogP contribution in [0.1, 0.15) is 49.1 Å². The molecule has 2 aromatic heterocycles. The minimum absolute atomic E-state index is 0.195. The third-order valence-electron chi connectivity index (χ3n) is 6.14. The Morgan fingerprint density at radius 1 is 1.17 bits per heavy atom. The van der Waals surface area contributed by atoms with Crippen LogP contribution in [-0.4, -0.2) is 33.6 Å². The lowest BCUT2D eigenvalue weighted by atomic mass is 9.80. The lowest BCUT2D eigenvalue weighted by Crippen LogP contribution is -2.33. The van der Waals surface area contributed by atoms with Crippen LogP contribution in [-0.2, 0) is 4.79 Å². The summed E-state index contributed by atoms with van der Waals surface area (Å²) in [5, 5.41) is 9.92. The number of ketones is 1. The first-order valence-electron chi connectivity index (χ1n) is 10.5. The summed E-state index contributed by atoms with van der Waals surface area (Å²) in [7, 11) is 0. The number of carbonyl (C=O) groups is 1. The molecule has 0 fully saturated rings. The van der Waals surface area contributed by atoms with Crippen molar-refractivity contribution in [1.82, 2.24) is 14.8 Å². The normalized spacial score (nSPS) is 20.5. The van der Waals surface area contributed by atoms with Gasteiger partial charge in [-0.1, -0.05) is 18.2 Å². The molecule has 0 unspecified atom stereocenters. The minimum Gasteiger partial charge on any atom is -0.372 e. The highest BCUT2D eigenvalue weighted by atomic mass is 32.1. The number of nitrogens with zero attached hydrogens (tertiary/aromatic N) is 4. The second kappa shape index (κ2) is 7.72. The van der Waals surface area contributed by atoms with Crippen LogP contribution in [0, 0.1) is 0 Å². The Balaban J connectivity index is 1.55. The fourth-order valence-electron chi connectivity index (χ4n) is 4.64. The quantitative estimate of drug-likeness (QED) is 0.655. The predicted molar refractivity (Wildman–Crippen MR) is 120 cm³/mol. The van der Waals surface area contributed by atoms with E-state index in [4.69, 9.17) is 0 Å². The zero-order valence-electron chi connectivity index (χ0n) is 17.2. The third-order valence-corrected chi connectivity index (χ3v) is 7.18. The van der Waals surface area contributed by atoms with Crippen LogP contribution in [0.2, 0.25) is 0 Å². The largest absolute Gasteiger partial charge is 0.372 e. The van der Waals surface area contributed by atoms with Gasteiger partial charge in [-0.3, -0.25) is 4.79 Å². The van der Waals surface area contributed by atoms with Gasteiger partial charge in [0.1, 0.15) is 12.4 Å². The summed E-state index contributed by atoms with van der Waals surface area (Å²) in [5.74, 6) is 1.12. The summed E-state index contributed by atoms with van der Waals surface area (Å²) >= 11 is 1.72. The van der Waals surface area contributed by atoms with E-state index in [2.05, 4.69) is 75.9 Å². The molecule has 5 rings (SSSR count). The third kappa shape index (κ3) is 3.13. The molecule has 2 atom stereocenters. The van der Waals surface area contributed by atoms with E-state index in [9.17, 15) is 4.79 Å². The van der Waals surface area contributed by atoms with Crippen molar-refractivity contribution in [1.29, 1.82) is 0 Å². The van der Waals surface area contributed by atoms with E-state index in [-0.39, 0.29) is 17.7 Å². The molecule has 1 aromatic carbocycles. The Labute approximate surface area is 180 Å². The van der Waals surface area contributed by atoms with Crippen molar-refractivity contribution >= 4 is 28.8 Å². The summed E-state index contributed by atoms with van der Waals surface area (Å²) in [6.07, 6.45) is 2.92. The number of benzene rings is 1. The van der Waals surface area contributed by atoms with Crippen molar-refractivity contribution in [2.24, 2.45) is 0 Å². The molecule has 1 aliphatic heterocycles. The molecular formula is C23H25N5OS. The second-order valence-corrected chi connectivity index (χ2v) is 8.73. The van der Waals surface area contributed by atoms with E-state index in [0.717, 1.165) is 36.3 Å². The maximum absolute atomic E-state index is 13.4. The Morgan fingerprint density at radius 2 is 1.97 bits per heavy atom. The summed E-state index contributed by atoms with van der Waals surface area (Å²) in [6, 6.07) is 12.5. The van der Waals surface area contributed by atoms with Gasteiger partial charge in [0, 0.05) is 47.3 Å². The summed E-state index contributed by atoms with van der Waals surface area (Å²) in [5.41, 5.74) is 4.08. The number of allylic oxidation sites excluding steroid dienone is 2. The van der Waals surface area contributed by atoms with Crippen LogP contribution in [0.25, 0.3) is 0 Å². The van der Waals surface area contributed by atoms with E-state index < -0.39 is 0 Å². The minimum atomic E-state index is -0.235. The molecule has 0 amide bonds. The van der Waals surface area contributed by atoms with Crippen molar-refractivity contribution < 1.29 is 4.79 Å². The topological polar surface area (TPSA) is 63.1 Å². The molecular weight excluding hydrogens is 394 g/mol. The van der Waals surface area contributed by atoms with Gasteiger partial charge in [-0.2, -0.15) is 10.1 Å². The zero-order valence-corrected chi connectivity index (χ0v) is 18.0. The summed E-state index contributed by atoms with van der Waals surface area (Å²) in [6.45, 7) is 6.25. The average Bonchev–Trinajstić information content (AvgIpc) is 3.46. The van der Waals surface area contributed by atoms with Gasteiger partial charge in [0.15, 0.2) is 5.78 Å². The van der Waals surface area contributed by atoms with Crippen molar-refractivity contribution in [2.45, 2.75) is 38.6 Å². The maximum atomic E-state index is 13.4. The molecule has 0 spiro atoms. The van der Waals surface area contributed by atoms with Gasteiger partial charge >= 0.3 is 0 Å². The van der Waals surface area contributed by atoms with Gasteiger partial charge in [0.05, 0.1) is 0 Å². The summed E-state index contributed by atoms with van der Waals surface area (Å²) in [4.78, 5) is 21.3. The number of nitrogens with one attached hydrogen (secondary N) is 1. The zero-order chi connectivity index (χ0) is 20.7. The first kappa shape index (κ1) is 19.1. The van der Waals surface area contributed by atoms with Crippen LogP contribution >= 0.6 is 11.3 Å². The maximum Gasteiger partial charge on any atom is 0.226 e. The number of anilines is 2. The van der Waals surface area contributed by atoms with Crippen LogP contribution in [0.4, 0.5) is 11.6 Å². The molecule has 0 saturated heterocycles. The Kier molecular flexibility index (Phi) is 4.90. The fraction of sp³-hybridized carbons (Fsp3) is 0.348. The highest BCUT2D eigenvalue weighted by Gasteiger charge is 2.39. The molecule has 2 aliphatic rings. The number of thiophene rings is 1. The summed E-state index contributed by atoms with van der Waals surface area (Å²) < 4.78 is 1.84. The molecule has 3 heterocycles. The molecule has 7 heteroatoms. The Bertz CT molecular complexity index is 1080. The standard InChI is InChI=1S/C23H25N5OS/c1-3-27(4-2)17-9-7-15(8-10-17)22-21-18(26-23-24-14-25-28(22)23)12-16(13-19(21)29)20-6-5-11-30-20/h5-11,14,16,22H,3-4,12-13H2,1-2H3,(H,24,25,26)/t16-,22-/m1/s1. The number of fused-ring (bicyclic) bond motifs is 1. The monoisotopic (exact) mass is 419 g/mol. The smallest absolute Gasteiger partial charge is 0.226 e. The van der Waals surface area contributed by atoms with Crippen LogP contribution < -0.4 is 10.2 Å². The van der Waals surface area contributed by atoms with Crippen molar-refractivity contribution in [3.63, 3.8) is 0 Å². The van der Waals surface area contributed by atoms with Crippen molar-refractivity contribution in [3.05, 3.63) is 69.8 Å². The van der Waals surface area contributed by atoms with Crippen LogP contribution in [0.15, 0.2) is 59.4 Å². The lowest BCUT2D eigenvalue weighted by molar-refractivity contribution is -0.116. The number of rotatable bonds is 5. The van der Waals surface area contributed by atoms with E-state index in [0.29, 0.717) is 12.4 Å². The fourth-order valence-corrected chi connectivity index (χ4v) is 5.47. The van der Waals surface area contributed by atoms with E-state index in [1.54, 1.807) is 17.7 Å². The van der Waals surface area contributed by atoms with Gasteiger partial charge in [-0.25, -0.2) is 4.68 Å². The molecule has 6 nitrogen and oxygen atoms in total. The van der Waals surface area contributed by atoms with Gasteiger partial charge in [0.2, 0.25) is 5.95 Å². The van der Waals surface area contributed by atoms with E-state index in [1.807, 2.05) is 4.68 Å². The lowest BCUT2D eigenvalue weighted by Gasteiger charge is -2.35. The molecule has 0 saturated carbocycles. The SMILES string of the molecule is CCN(CC)c1ccc([C@@H]2C3=C(C[C@@H](c4cccs4)CC3=O)Nc3ncnn32)cc1. The molecule has 1 aliphatic carbocycles. The predicted octanol–water partition coefficient (Wildman–Crippen LogP) is 4.60. The number of carbonyl (C=O) groups excluding carboxylic acids is 1. The number of aromatic nitrogens is 3. The van der Waals surface area contributed by atoms with Gasteiger partial charge < -0.3 is 10.2 Å².